The fourth-order valence-electron chi connectivity index (χ4n) is 2.53. The molecule has 0 spiro atoms. The standard InChI is InChI=1S/C14H21N7O/c22-14(16-4-1-6-20-10-17-18-11-20)3-2-12-8-13-9-15-5-7-21(13)19-12/h8,10-11,15H,1-7,9H2,(H,16,22). The molecule has 3 rings (SSSR count). The van der Waals surface area contributed by atoms with Crippen molar-refractivity contribution < 1.29 is 4.79 Å². The number of hydrogen-bond donors (Lipinski definition) is 2. The van der Waals surface area contributed by atoms with Crippen LogP contribution in [0, 0.1) is 0 Å². The Hall–Kier alpha value is -2.22. The van der Waals surface area contributed by atoms with Gasteiger partial charge in [-0.2, -0.15) is 5.10 Å². The van der Waals surface area contributed by atoms with Gasteiger partial charge in [0.1, 0.15) is 12.7 Å². The molecule has 1 aliphatic rings. The number of rotatable bonds is 7. The summed E-state index contributed by atoms with van der Waals surface area (Å²) in [6, 6.07) is 2.09. The summed E-state index contributed by atoms with van der Waals surface area (Å²) >= 11 is 0. The average molecular weight is 303 g/mol. The molecular formula is C14H21N7O. The Morgan fingerprint density at radius 1 is 1.36 bits per heavy atom. The van der Waals surface area contributed by atoms with E-state index in [1.807, 2.05) is 9.25 Å². The van der Waals surface area contributed by atoms with Crippen molar-refractivity contribution >= 4 is 5.91 Å². The maximum atomic E-state index is 11.8. The van der Waals surface area contributed by atoms with Gasteiger partial charge in [-0.15, -0.1) is 10.2 Å². The fraction of sp³-hybridized carbons (Fsp3) is 0.571. The van der Waals surface area contributed by atoms with Crippen LogP contribution in [0.15, 0.2) is 18.7 Å². The molecule has 2 aromatic rings. The Balaban J connectivity index is 1.34. The molecule has 3 heterocycles. The Kier molecular flexibility index (Phi) is 4.79. The first-order valence-electron chi connectivity index (χ1n) is 7.67. The van der Waals surface area contributed by atoms with E-state index in [1.165, 1.54) is 5.69 Å². The first kappa shape index (κ1) is 14.7. The minimum absolute atomic E-state index is 0.0767. The van der Waals surface area contributed by atoms with Crippen LogP contribution in [0.25, 0.3) is 0 Å². The average Bonchev–Trinajstić information content (AvgIpc) is 3.18. The predicted molar refractivity (Wildman–Crippen MR) is 79.9 cm³/mol. The van der Waals surface area contributed by atoms with E-state index in [4.69, 9.17) is 0 Å². The van der Waals surface area contributed by atoms with Crippen LogP contribution in [0.3, 0.4) is 0 Å². The van der Waals surface area contributed by atoms with Crippen molar-refractivity contribution in [2.75, 3.05) is 13.1 Å². The van der Waals surface area contributed by atoms with Crippen LogP contribution in [0.4, 0.5) is 0 Å². The highest BCUT2D eigenvalue weighted by atomic mass is 16.1. The normalized spacial score (nSPS) is 13.8. The molecule has 0 saturated heterocycles. The number of fused-ring (bicyclic) bond motifs is 1. The predicted octanol–water partition coefficient (Wildman–Crippen LogP) is -0.283. The quantitative estimate of drug-likeness (QED) is 0.687. The molecule has 0 aromatic carbocycles. The van der Waals surface area contributed by atoms with Crippen LogP contribution >= 0.6 is 0 Å². The van der Waals surface area contributed by atoms with Crippen LogP contribution in [-0.2, 0) is 30.8 Å². The maximum absolute atomic E-state index is 11.8. The Morgan fingerprint density at radius 3 is 3.05 bits per heavy atom. The van der Waals surface area contributed by atoms with Gasteiger partial charge in [0.05, 0.1) is 17.9 Å². The van der Waals surface area contributed by atoms with Crippen molar-refractivity contribution in [3.8, 4) is 0 Å². The summed E-state index contributed by atoms with van der Waals surface area (Å²) in [5.74, 6) is 0.0767. The van der Waals surface area contributed by atoms with Crippen molar-refractivity contribution in [2.24, 2.45) is 0 Å². The molecule has 0 fully saturated rings. The van der Waals surface area contributed by atoms with E-state index in [0.717, 1.165) is 38.3 Å². The molecule has 2 aromatic heterocycles. The lowest BCUT2D eigenvalue weighted by Gasteiger charge is -2.13. The fourth-order valence-corrected chi connectivity index (χ4v) is 2.53. The zero-order chi connectivity index (χ0) is 15.2. The zero-order valence-corrected chi connectivity index (χ0v) is 12.5. The van der Waals surface area contributed by atoms with Gasteiger partial charge in [0, 0.05) is 39.0 Å². The maximum Gasteiger partial charge on any atom is 0.220 e. The third-order valence-electron chi connectivity index (χ3n) is 3.71. The molecule has 0 aliphatic carbocycles. The molecule has 2 N–H and O–H groups in total. The summed E-state index contributed by atoms with van der Waals surface area (Å²) in [5, 5.41) is 18.3. The number of aryl methyl sites for hydroxylation is 2. The SMILES string of the molecule is O=C(CCc1cc2n(n1)CCNC2)NCCCn1cnnc1. The van der Waals surface area contributed by atoms with Crippen molar-refractivity contribution in [2.45, 2.75) is 38.9 Å². The van der Waals surface area contributed by atoms with Crippen LogP contribution in [0.5, 0.6) is 0 Å². The second-order valence-electron chi connectivity index (χ2n) is 5.43. The molecule has 0 radical (unpaired) electrons. The first-order chi connectivity index (χ1) is 10.8. The van der Waals surface area contributed by atoms with Crippen LogP contribution in [-0.4, -0.2) is 43.5 Å². The van der Waals surface area contributed by atoms with E-state index in [1.54, 1.807) is 12.7 Å². The highest BCUT2D eigenvalue weighted by Crippen LogP contribution is 2.09. The van der Waals surface area contributed by atoms with Crippen LogP contribution in [0.2, 0.25) is 0 Å². The molecule has 8 nitrogen and oxygen atoms in total. The lowest BCUT2D eigenvalue weighted by molar-refractivity contribution is -0.121. The van der Waals surface area contributed by atoms with E-state index in [0.29, 0.717) is 19.4 Å². The summed E-state index contributed by atoms with van der Waals surface area (Å²) in [7, 11) is 0. The monoisotopic (exact) mass is 303 g/mol. The van der Waals surface area contributed by atoms with Crippen molar-refractivity contribution in [3.63, 3.8) is 0 Å². The number of nitrogens with zero attached hydrogens (tertiary/aromatic N) is 5. The number of carbonyl (C=O) groups excluding carboxylic acids is 1. The molecule has 118 valence electrons. The number of amides is 1. The number of carbonyl (C=O) groups is 1. The van der Waals surface area contributed by atoms with Gasteiger partial charge in [0.2, 0.25) is 5.91 Å². The zero-order valence-electron chi connectivity index (χ0n) is 12.5. The summed E-state index contributed by atoms with van der Waals surface area (Å²) in [5.41, 5.74) is 2.20. The summed E-state index contributed by atoms with van der Waals surface area (Å²) in [6.07, 6.45) is 5.40. The van der Waals surface area contributed by atoms with E-state index >= 15 is 0 Å². The van der Waals surface area contributed by atoms with E-state index < -0.39 is 0 Å². The smallest absolute Gasteiger partial charge is 0.220 e. The molecule has 22 heavy (non-hydrogen) atoms. The van der Waals surface area contributed by atoms with Gasteiger partial charge in [-0.25, -0.2) is 0 Å². The molecule has 1 amide bonds. The second kappa shape index (κ2) is 7.17. The Morgan fingerprint density at radius 2 is 2.23 bits per heavy atom. The Labute approximate surface area is 128 Å². The van der Waals surface area contributed by atoms with Gasteiger partial charge in [-0.05, 0) is 12.5 Å². The number of hydrogen-bond acceptors (Lipinski definition) is 5. The van der Waals surface area contributed by atoms with Crippen LogP contribution in [0.1, 0.15) is 24.2 Å². The van der Waals surface area contributed by atoms with Crippen LogP contribution < -0.4 is 10.6 Å². The van der Waals surface area contributed by atoms with Gasteiger partial charge < -0.3 is 15.2 Å². The molecule has 0 unspecified atom stereocenters. The lowest BCUT2D eigenvalue weighted by Crippen LogP contribution is -2.28. The van der Waals surface area contributed by atoms with Gasteiger partial charge in [-0.3, -0.25) is 9.48 Å². The second-order valence-corrected chi connectivity index (χ2v) is 5.43. The van der Waals surface area contributed by atoms with E-state index in [-0.39, 0.29) is 5.91 Å². The van der Waals surface area contributed by atoms with Gasteiger partial charge >= 0.3 is 0 Å². The minimum atomic E-state index is 0.0767. The highest BCUT2D eigenvalue weighted by Gasteiger charge is 2.12. The number of nitrogens with one attached hydrogen (secondary N) is 2. The minimum Gasteiger partial charge on any atom is -0.356 e. The van der Waals surface area contributed by atoms with Crippen molar-refractivity contribution in [1.29, 1.82) is 0 Å². The molecule has 8 heteroatoms. The summed E-state index contributed by atoms with van der Waals surface area (Å²) < 4.78 is 3.93. The molecule has 0 saturated carbocycles. The first-order valence-corrected chi connectivity index (χ1v) is 7.67. The van der Waals surface area contributed by atoms with E-state index in [2.05, 4.69) is 32.0 Å². The molecule has 0 atom stereocenters. The largest absolute Gasteiger partial charge is 0.356 e. The third kappa shape index (κ3) is 3.91. The molecule has 1 aliphatic heterocycles. The number of aromatic nitrogens is 5. The van der Waals surface area contributed by atoms with Gasteiger partial charge in [-0.1, -0.05) is 0 Å². The summed E-state index contributed by atoms with van der Waals surface area (Å²) in [4.78, 5) is 11.8. The topological polar surface area (TPSA) is 89.7 Å². The van der Waals surface area contributed by atoms with Gasteiger partial charge in [0.15, 0.2) is 0 Å². The third-order valence-corrected chi connectivity index (χ3v) is 3.71. The molecular weight excluding hydrogens is 282 g/mol. The lowest BCUT2D eigenvalue weighted by atomic mass is 10.2. The van der Waals surface area contributed by atoms with Gasteiger partial charge in [0.25, 0.3) is 0 Å². The van der Waals surface area contributed by atoms with E-state index in [9.17, 15) is 4.79 Å². The summed E-state index contributed by atoms with van der Waals surface area (Å²) in [6.45, 7) is 4.21. The highest BCUT2D eigenvalue weighted by molar-refractivity contribution is 5.76. The molecule has 0 bridgehead atoms. The van der Waals surface area contributed by atoms with Crippen molar-refractivity contribution in [3.05, 3.63) is 30.1 Å². The van der Waals surface area contributed by atoms with Crippen molar-refractivity contribution in [1.82, 2.24) is 35.2 Å². The Bertz CT molecular complexity index is 581.